The molecular formula is C16H12FNO. The van der Waals surface area contributed by atoms with Gasteiger partial charge in [0.15, 0.2) is 0 Å². The number of carbonyl (C=O) groups excluding carboxylic acids is 1. The lowest BCUT2D eigenvalue weighted by Crippen LogP contribution is -2.18. The summed E-state index contributed by atoms with van der Waals surface area (Å²) in [5.74, 6) is -0.435. The van der Waals surface area contributed by atoms with E-state index in [1.807, 2.05) is 18.2 Å². The van der Waals surface area contributed by atoms with Gasteiger partial charge in [-0.3, -0.25) is 4.79 Å². The molecule has 3 heteroatoms. The quantitative estimate of drug-likeness (QED) is 0.808. The van der Waals surface area contributed by atoms with Gasteiger partial charge in [-0.2, -0.15) is 0 Å². The van der Waals surface area contributed by atoms with Crippen LogP contribution < -0.4 is 0 Å². The van der Waals surface area contributed by atoms with Gasteiger partial charge >= 0.3 is 0 Å². The second-order valence-corrected chi connectivity index (χ2v) is 4.62. The van der Waals surface area contributed by atoms with Crippen LogP contribution in [0.25, 0.3) is 0 Å². The molecule has 1 aliphatic heterocycles. The molecule has 1 amide bonds. The molecule has 1 aliphatic rings. The van der Waals surface area contributed by atoms with Crippen molar-refractivity contribution in [3.8, 4) is 0 Å². The largest absolute Gasteiger partial charge is 0.277 e. The lowest BCUT2D eigenvalue weighted by Gasteiger charge is -2.14. The monoisotopic (exact) mass is 253 g/mol. The Balaban J connectivity index is 1.84. The SMILES string of the molecule is O=C1N=C(Cc2ccc(F)cc2)Cc2ccccc21. The van der Waals surface area contributed by atoms with Gasteiger partial charge in [-0.05, 0) is 29.3 Å². The van der Waals surface area contributed by atoms with Crippen LogP contribution in [-0.2, 0) is 12.8 Å². The van der Waals surface area contributed by atoms with E-state index in [-0.39, 0.29) is 11.7 Å². The van der Waals surface area contributed by atoms with Crippen LogP contribution in [0.2, 0.25) is 0 Å². The highest BCUT2D eigenvalue weighted by Gasteiger charge is 2.18. The summed E-state index contributed by atoms with van der Waals surface area (Å²) in [6.45, 7) is 0. The Morgan fingerprint density at radius 1 is 1.05 bits per heavy atom. The van der Waals surface area contributed by atoms with Crippen molar-refractivity contribution in [2.75, 3.05) is 0 Å². The fourth-order valence-corrected chi connectivity index (χ4v) is 2.29. The van der Waals surface area contributed by atoms with Gasteiger partial charge in [-0.25, -0.2) is 9.38 Å². The van der Waals surface area contributed by atoms with Crippen molar-refractivity contribution in [2.24, 2.45) is 4.99 Å². The van der Waals surface area contributed by atoms with Crippen LogP contribution in [0.15, 0.2) is 53.5 Å². The highest BCUT2D eigenvalue weighted by molar-refractivity contribution is 6.09. The average Bonchev–Trinajstić information content (AvgIpc) is 2.42. The van der Waals surface area contributed by atoms with Crippen LogP contribution in [0.4, 0.5) is 4.39 Å². The number of benzene rings is 2. The maximum Gasteiger partial charge on any atom is 0.277 e. The number of amides is 1. The van der Waals surface area contributed by atoms with Gasteiger partial charge in [0.05, 0.1) is 0 Å². The summed E-state index contributed by atoms with van der Waals surface area (Å²) in [5.41, 5.74) is 3.49. The normalized spacial score (nSPS) is 13.9. The molecule has 0 radical (unpaired) electrons. The summed E-state index contributed by atoms with van der Waals surface area (Å²) in [6.07, 6.45) is 1.26. The van der Waals surface area contributed by atoms with Gasteiger partial charge in [-0.1, -0.05) is 30.3 Å². The standard InChI is InChI=1S/C16H12FNO/c17-13-7-5-11(6-8-13)9-14-10-12-3-1-2-4-15(12)16(19)18-14/h1-8H,9-10H2. The zero-order chi connectivity index (χ0) is 13.2. The van der Waals surface area contributed by atoms with Crippen molar-refractivity contribution < 1.29 is 9.18 Å². The third kappa shape index (κ3) is 2.45. The number of carbonyl (C=O) groups is 1. The van der Waals surface area contributed by atoms with Gasteiger partial charge in [0.25, 0.3) is 5.91 Å². The molecular weight excluding hydrogens is 241 g/mol. The summed E-state index contributed by atoms with van der Waals surface area (Å²) in [4.78, 5) is 16.0. The van der Waals surface area contributed by atoms with Crippen LogP contribution in [0.5, 0.6) is 0 Å². The maximum absolute atomic E-state index is 12.8. The predicted octanol–water partition coefficient (Wildman–Crippen LogP) is 3.21. The van der Waals surface area contributed by atoms with E-state index in [2.05, 4.69) is 4.99 Å². The van der Waals surface area contributed by atoms with E-state index in [1.54, 1.807) is 18.2 Å². The summed E-state index contributed by atoms with van der Waals surface area (Å²) >= 11 is 0. The number of halogens is 1. The molecule has 3 rings (SSSR count). The molecule has 19 heavy (non-hydrogen) atoms. The highest BCUT2D eigenvalue weighted by atomic mass is 19.1. The average molecular weight is 253 g/mol. The van der Waals surface area contributed by atoms with Gasteiger partial charge < -0.3 is 0 Å². The van der Waals surface area contributed by atoms with E-state index >= 15 is 0 Å². The summed E-state index contributed by atoms with van der Waals surface area (Å²) in [5, 5.41) is 0. The van der Waals surface area contributed by atoms with Crippen molar-refractivity contribution in [3.63, 3.8) is 0 Å². The molecule has 0 saturated carbocycles. The zero-order valence-corrected chi connectivity index (χ0v) is 10.3. The Bertz CT molecular complexity index is 659. The molecule has 2 aromatic rings. The molecule has 0 spiro atoms. The van der Waals surface area contributed by atoms with Gasteiger partial charge in [0, 0.05) is 24.1 Å². The zero-order valence-electron chi connectivity index (χ0n) is 10.3. The Morgan fingerprint density at radius 2 is 1.79 bits per heavy atom. The molecule has 0 aromatic heterocycles. The third-order valence-corrected chi connectivity index (χ3v) is 3.22. The molecule has 0 bridgehead atoms. The van der Waals surface area contributed by atoms with Gasteiger partial charge in [-0.15, -0.1) is 0 Å². The van der Waals surface area contributed by atoms with E-state index < -0.39 is 0 Å². The predicted molar refractivity (Wildman–Crippen MR) is 72.0 cm³/mol. The van der Waals surface area contributed by atoms with E-state index in [1.165, 1.54) is 12.1 Å². The van der Waals surface area contributed by atoms with E-state index in [9.17, 15) is 9.18 Å². The lowest BCUT2D eigenvalue weighted by atomic mass is 9.95. The van der Waals surface area contributed by atoms with Crippen LogP contribution in [0.3, 0.4) is 0 Å². The highest BCUT2D eigenvalue weighted by Crippen LogP contribution is 2.18. The van der Waals surface area contributed by atoms with Gasteiger partial charge in [0.1, 0.15) is 5.82 Å². The first-order valence-corrected chi connectivity index (χ1v) is 6.15. The Morgan fingerprint density at radius 3 is 2.58 bits per heavy atom. The van der Waals surface area contributed by atoms with Crippen LogP contribution in [0.1, 0.15) is 21.5 Å². The van der Waals surface area contributed by atoms with Crippen molar-refractivity contribution in [1.29, 1.82) is 0 Å². The minimum absolute atomic E-state index is 0.182. The number of aliphatic imine (C=N–C) groups is 1. The number of hydrogen-bond donors (Lipinski definition) is 0. The minimum atomic E-state index is -0.254. The number of hydrogen-bond acceptors (Lipinski definition) is 1. The molecule has 94 valence electrons. The third-order valence-electron chi connectivity index (χ3n) is 3.22. The molecule has 2 nitrogen and oxygen atoms in total. The molecule has 1 heterocycles. The maximum atomic E-state index is 12.8. The molecule has 0 atom stereocenters. The smallest absolute Gasteiger partial charge is 0.267 e. The van der Waals surface area contributed by atoms with E-state index in [0.717, 1.165) is 16.8 Å². The second kappa shape index (κ2) is 4.76. The van der Waals surface area contributed by atoms with Crippen LogP contribution >= 0.6 is 0 Å². The minimum Gasteiger partial charge on any atom is -0.267 e. The van der Waals surface area contributed by atoms with Crippen LogP contribution in [-0.4, -0.2) is 11.6 Å². The first-order valence-electron chi connectivity index (χ1n) is 6.15. The summed E-state index contributed by atoms with van der Waals surface area (Å²) in [7, 11) is 0. The first-order chi connectivity index (χ1) is 9.22. The fraction of sp³-hybridized carbons (Fsp3) is 0.125. The Labute approximate surface area is 110 Å². The van der Waals surface area contributed by atoms with E-state index in [4.69, 9.17) is 0 Å². The molecule has 0 N–H and O–H groups in total. The lowest BCUT2D eigenvalue weighted by molar-refractivity contribution is 0.1000. The molecule has 0 unspecified atom stereocenters. The first kappa shape index (κ1) is 11.8. The van der Waals surface area contributed by atoms with E-state index in [0.29, 0.717) is 18.4 Å². The van der Waals surface area contributed by atoms with Crippen molar-refractivity contribution in [1.82, 2.24) is 0 Å². The Hall–Kier alpha value is -2.29. The van der Waals surface area contributed by atoms with Crippen molar-refractivity contribution >= 4 is 11.6 Å². The fourth-order valence-electron chi connectivity index (χ4n) is 2.29. The Kier molecular flexibility index (Phi) is 2.95. The number of fused-ring (bicyclic) bond motifs is 1. The topological polar surface area (TPSA) is 29.4 Å². The van der Waals surface area contributed by atoms with Crippen molar-refractivity contribution in [3.05, 3.63) is 71.0 Å². The van der Waals surface area contributed by atoms with Crippen LogP contribution in [0, 0.1) is 5.82 Å². The number of nitrogens with zero attached hydrogens (tertiary/aromatic N) is 1. The summed E-state index contributed by atoms with van der Waals surface area (Å²) in [6, 6.07) is 13.8. The molecule has 0 aliphatic carbocycles. The molecule has 0 fully saturated rings. The molecule has 2 aromatic carbocycles. The second-order valence-electron chi connectivity index (χ2n) is 4.62. The molecule has 0 saturated heterocycles. The van der Waals surface area contributed by atoms with Crippen molar-refractivity contribution in [2.45, 2.75) is 12.8 Å². The van der Waals surface area contributed by atoms with Gasteiger partial charge in [0.2, 0.25) is 0 Å². The number of rotatable bonds is 2. The summed E-state index contributed by atoms with van der Waals surface area (Å²) < 4.78 is 12.8.